The first-order valence-corrected chi connectivity index (χ1v) is 7.14. The van der Waals surface area contributed by atoms with Crippen molar-refractivity contribution in [2.24, 2.45) is 0 Å². The van der Waals surface area contributed by atoms with E-state index in [1.165, 1.54) is 37.7 Å². The molecule has 0 unspecified atom stereocenters. The highest BCUT2D eigenvalue weighted by atomic mass is 16.5. The molecule has 0 atom stereocenters. The molecule has 1 amide bonds. The van der Waals surface area contributed by atoms with Gasteiger partial charge in [0.2, 0.25) is 0 Å². The van der Waals surface area contributed by atoms with E-state index in [-0.39, 0.29) is 12.5 Å². The van der Waals surface area contributed by atoms with Crippen LogP contribution in [0.4, 0.5) is 4.79 Å². The first kappa shape index (κ1) is 17.7. The van der Waals surface area contributed by atoms with Crippen LogP contribution in [-0.2, 0) is 14.3 Å². The van der Waals surface area contributed by atoms with Crippen LogP contribution in [0.2, 0.25) is 0 Å². The Bertz CT molecular complexity index is 256. The van der Waals surface area contributed by atoms with Crippen LogP contribution < -0.4 is 0 Å². The summed E-state index contributed by atoms with van der Waals surface area (Å²) in [7, 11) is 1.30. The van der Waals surface area contributed by atoms with Gasteiger partial charge in [0, 0.05) is 6.54 Å². The molecule has 0 saturated carbocycles. The second-order valence-electron chi connectivity index (χ2n) is 4.47. The summed E-state index contributed by atoms with van der Waals surface area (Å²) in [6, 6.07) is 0. The number of carbonyl (C=O) groups excluding carboxylic acids is 2. The van der Waals surface area contributed by atoms with Gasteiger partial charge in [0.05, 0.1) is 13.7 Å². The molecule has 0 radical (unpaired) electrons. The van der Waals surface area contributed by atoms with Gasteiger partial charge in [-0.3, -0.25) is 9.69 Å². The van der Waals surface area contributed by atoms with Crippen molar-refractivity contribution >= 4 is 12.1 Å². The molecule has 0 aromatic rings. The van der Waals surface area contributed by atoms with Gasteiger partial charge in [-0.25, -0.2) is 4.79 Å². The Balaban J connectivity index is 3.60. The molecular formula is C14H27NO4. The highest BCUT2D eigenvalue weighted by molar-refractivity contribution is 5.77. The second kappa shape index (κ2) is 11.8. The highest BCUT2D eigenvalue weighted by Gasteiger charge is 2.16. The standard InChI is InChI=1S/C14H27NO4/c1-4-6-7-8-9-10-11-19-13(16)12-15(5-2)14(17)18-3/h4-12H2,1-3H3. The van der Waals surface area contributed by atoms with Crippen molar-refractivity contribution < 1.29 is 19.1 Å². The van der Waals surface area contributed by atoms with Crippen LogP contribution in [-0.4, -0.2) is 43.8 Å². The predicted octanol–water partition coefficient (Wildman–Crippen LogP) is 2.98. The summed E-state index contributed by atoms with van der Waals surface area (Å²) >= 11 is 0. The largest absolute Gasteiger partial charge is 0.464 e. The van der Waals surface area contributed by atoms with Gasteiger partial charge in [-0.05, 0) is 13.3 Å². The lowest BCUT2D eigenvalue weighted by Gasteiger charge is -2.17. The maximum atomic E-state index is 11.5. The molecule has 0 aliphatic heterocycles. The summed E-state index contributed by atoms with van der Waals surface area (Å²) in [5.41, 5.74) is 0. The molecule has 5 heteroatoms. The third-order valence-corrected chi connectivity index (χ3v) is 2.90. The van der Waals surface area contributed by atoms with E-state index in [1.54, 1.807) is 6.92 Å². The Kier molecular flexibility index (Phi) is 11.0. The van der Waals surface area contributed by atoms with E-state index in [0.29, 0.717) is 13.2 Å². The zero-order valence-corrected chi connectivity index (χ0v) is 12.4. The summed E-state index contributed by atoms with van der Waals surface area (Å²) < 4.78 is 9.65. The number of rotatable bonds is 10. The third kappa shape index (κ3) is 9.33. The number of esters is 1. The lowest BCUT2D eigenvalue weighted by atomic mass is 10.1. The molecule has 0 bridgehead atoms. The van der Waals surface area contributed by atoms with Crippen LogP contribution in [0.1, 0.15) is 52.4 Å². The number of ether oxygens (including phenoxy) is 2. The zero-order chi connectivity index (χ0) is 14.5. The number of hydrogen-bond donors (Lipinski definition) is 0. The van der Waals surface area contributed by atoms with Crippen molar-refractivity contribution in [3.8, 4) is 0 Å². The van der Waals surface area contributed by atoms with Gasteiger partial charge in [0.15, 0.2) is 0 Å². The molecule has 19 heavy (non-hydrogen) atoms. The van der Waals surface area contributed by atoms with Crippen LogP contribution in [0.15, 0.2) is 0 Å². The lowest BCUT2D eigenvalue weighted by Crippen LogP contribution is -2.36. The molecule has 0 fully saturated rings. The van der Waals surface area contributed by atoms with Crippen LogP contribution >= 0.6 is 0 Å². The molecule has 0 rings (SSSR count). The summed E-state index contributed by atoms with van der Waals surface area (Å²) in [6.45, 7) is 4.79. The van der Waals surface area contributed by atoms with Crippen molar-refractivity contribution in [1.82, 2.24) is 4.90 Å². The topological polar surface area (TPSA) is 55.8 Å². The maximum Gasteiger partial charge on any atom is 0.410 e. The highest BCUT2D eigenvalue weighted by Crippen LogP contribution is 2.05. The molecule has 0 aliphatic carbocycles. The van der Waals surface area contributed by atoms with Crippen LogP contribution in [0, 0.1) is 0 Å². The normalized spacial score (nSPS) is 10.1. The number of carbonyl (C=O) groups is 2. The quantitative estimate of drug-likeness (QED) is 0.453. The van der Waals surface area contributed by atoms with Crippen molar-refractivity contribution in [2.45, 2.75) is 52.4 Å². The van der Waals surface area contributed by atoms with Gasteiger partial charge < -0.3 is 9.47 Å². The lowest BCUT2D eigenvalue weighted by molar-refractivity contribution is -0.144. The number of nitrogens with zero attached hydrogens (tertiary/aromatic N) is 1. The molecule has 0 aliphatic rings. The first-order valence-electron chi connectivity index (χ1n) is 7.14. The van der Waals surface area contributed by atoms with Gasteiger partial charge in [-0.15, -0.1) is 0 Å². The van der Waals surface area contributed by atoms with Crippen molar-refractivity contribution in [3.05, 3.63) is 0 Å². The SMILES string of the molecule is CCCCCCCCOC(=O)CN(CC)C(=O)OC. The van der Waals surface area contributed by atoms with Crippen molar-refractivity contribution in [3.63, 3.8) is 0 Å². The number of unbranched alkanes of at least 4 members (excludes halogenated alkanes) is 5. The van der Waals surface area contributed by atoms with E-state index in [9.17, 15) is 9.59 Å². The minimum Gasteiger partial charge on any atom is -0.464 e. The van der Waals surface area contributed by atoms with E-state index in [2.05, 4.69) is 11.7 Å². The van der Waals surface area contributed by atoms with Crippen molar-refractivity contribution in [1.29, 1.82) is 0 Å². The molecule has 0 aromatic carbocycles. The molecule has 0 saturated heterocycles. The number of hydrogen-bond acceptors (Lipinski definition) is 4. The summed E-state index contributed by atoms with van der Waals surface area (Å²) in [4.78, 5) is 24.1. The van der Waals surface area contributed by atoms with E-state index in [1.807, 2.05) is 0 Å². The van der Waals surface area contributed by atoms with Gasteiger partial charge >= 0.3 is 12.1 Å². The fourth-order valence-electron chi connectivity index (χ4n) is 1.70. The van der Waals surface area contributed by atoms with Crippen LogP contribution in [0.5, 0.6) is 0 Å². The molecular weight excluding hydrogens is 246 g/mol. The van der Waals surface area contributed by atoms with E-state index < -0.39 is 6.09 Å². The van der Waals surface area contributed by atoms with Crippen LogP contribution in [0.25, 0.3) is 0 Å². The average molecular weight is 273 g/mol. The Labute approximate surface area is 116 Å². The maximum absolute atomic E-state index is 11.5. The Hall–Kier alpha value is -1.26. The molecule has 112 valence electrons. The first-order chi connectivity index (χ1) is 9.15. The third-order valence-electron chi connectivity index (χ3n) is 2.90. The second-order valence-corrected chi connectivity index (χ2v) is 4.47. The van der Waals surface area contributed by atoms with Gasteiger partial charge in [-0.1, -0.05) is 39.0 Å². The van der Waals surface area contributed by atoms with Gasteiger partial charge in [0.25, 0.3) is 0 Å². The van der Waals surface area contributed by atoms with Gasteiger partial charge in [-0.2, -0.15) is 0 Å². The Morgan fingerprint density at radius 3 is 2.21 bits per heavy atom. The molecule has 0 heterocycles. The predicted molar refractivity (Wildman–Crippen MR) is 74.0 cm³/mol. The van der Waals surface area contributed by atoms with E-state index in [0.717, 1.165) is 12.8 Å². The van der Waals surface area contributed by atoms with Crippen molar-refractivity contribution in [2.75, 3.05) is 26.8 Å². The molecule has 0 spiro atoms. The summed E-state index contributed by atoms with van der Waals surface area (Å²) in [6.07, 6.45) is 6.41. The van der Waals surface area contributed by atoms with Crippen LogP contribution in [0.3, 0.4) is 0 Å². The summed E-state index contributed by atoms with van der Waals surface area (Å²) in [5, 5.41) is 0. The number of likely N-dealkylation sites (N-methyl/N-ethyl adjacent to an activating group) is 1. The molecule has 0 N–H and O–H groups in total. The minimum atomic E-state index is -0.501. The fourth-order valence-corrected chi connectivity index (χ4v) is 1.70. The van der Waals surface area contributed by atoms with E-state index >= 15 is 0 Å². The summed E-state index contributed by atoms with van der Waals surface area (Å²) in [5.74, 6) is -0.374. The fraction of sp³-hybridized carbons (Fsp3) is 0.857. The van der Waals surface area contributed by atoms with Gasteiger partial charge in [0.1, 0.15) is 6.54 Å². The molecule has 5 nitrogen and oxygen atoms in total. The van der Waals surface area contributed by atoms with E-state index in [4.69, 9.17) is 4.74 Å². The molecule has 0 aromatic heterocycles. The zero-order valence-electron chi connectivity index (χ0n) is 12.4. The number of methoxy groups -OCH3 is 1. The smallest absolute Gasteiger partial charge is 0.410 e. The monoisotopic (exact) mass is 273 g/mol. The average Bonchev–Trinajstić information content (AvgIpc) is 2.42. The number of amides is 1. The minimum absolute atomic E-state index is 0.0427. The Morgan fingerprint density at radius 1 is 1.00 bits per heavy atom. The Morgan fingerprint density at radius 2 is 1.63 bits per heavy atom.